The highest BCUT2D eigenvalue weighted by molar-refractivity contribution is 6.39. The molecule has 14 heavy (non-hydrogen) atoms. The van der Waals surface area contributed by atoms with Gasteiger partial charge in [0.1, 0.15) is 0 Å². The number of benzene rings is 1. The zero-order valence-corrected chi connectivity index (χ0v) is 7.54. The monoisotopic (exact) mass is 190 g/mol. The second kappa shape index (κ2) is 3.49. The van der Waals surface area contributed by atoms with E-state index in [1.165, 1.54) is 0 Å². The number of carbonyl (C=O) groups excluding carboxylic acids is 2. The maximum absolute atomic E-state index is 11.2. The number of carbonyl (C=O) groups is 2. The zero-order chi connectivity index (χ0) is 9.97. The van der Waals surface area contributed by atoms with Gasteiger partial charge in [-0.2, -0.15) is 0 Å². The number of hydrogen-bond acceptors (Lipinski definition) is 2. The molecule has 2 rings (SSSR count). The van der Waals surface area contributed by atoms with E-state index in [0.717, 1.165) is 17.7 Å². The molecule has 0 spiro atoms. The van der Waals surface area contributed by atoms with Gasteiger partial charge in [-0.1, -0.05) is 18.2 Å². The van der Waals surface area contributed by atoms with E-state index in [0.29, 0.717) is 6.54 Å². The molecule has 0 fully saturated rings. The quantitative estimate of drug-likeness (QED) is 0.578. The van der Waals surface area contributed by atoms with Crippen LogP contribution in [0.4, 0.5) is 5.69 Å². The van der Waals surface area contributed by atoms with Gasteiger partial charge in [0, 0.05) is 12.2 Å². The maximum atomic E-state index is 11.2. The molecule has 1 aromatic rings. The summed E-state index contributed by atoms with van der Waals surface area (Å²) in [6.07, 6.45) is 0.738. The Morgan fingerprint density at radius 1 is 1.07 bits per heavy atom. The molecule has 0 saturated heterocycles. The van der Waals surface area contributed by atoms with Gasteiger partial charge in [-0.15, -0.1) is 0 Å². The van der Waals surface area contributed by atoms with E-state index in [-0.39, 0.29) is 0 Å². The van der Waals surface area contributed by atoms with E-state index < -0.39 is 11.8 Å². The van der Waals surface area contributed by atoms with Gasteiger partial charge in [-0.3, -0.25) is 9.59 Å². The first kappa shape index (κ1) is 8.74. The van der Waals surface area contributed by atoms with Gasteiger partial charge in [-0.05, 0) is 18.1 Å². The van der Waals surface area contributed by atoms with Crippen LogP contribution in [0, 0.1) is 0 Å². The van der Waals surface area contributed by atoms with E-state index in [9.17, 15) is 9.59 Å². The Morgan fingerprint density at radius 2 is 1.86 bits per heavy atom. The summed E-state index contributed by atoms with van der Waals surface area (Å²) >= 11 is 0. The Hall–Kier alpha value is -1.84. The molecule has 1 aliphatic heterocycles. The molecule has 72 valence electrons. The van der Waals surface area contributed by atoms with Gasteiger partial charge in [0.15, 0.2) is 0 Å². The molecular weight excluding hydrogens is 180 g/mol. The maximum Gasteiger partial charge on any atom is 0.313 e. The van der Waals surface area contributed by atoms with Crippen molar-refractivity contribution in [3.8, 4) is 0 Å². The summed E-state index contributed by atoms with van der Waals surface area (Å²) in [6, 6.07) is 7.48. The van der Waals surface area contributed by atoms with Crippen molar-refractivity contribution >= 4 is 17.5 Å². The molecule has 1 heterocycles. The van der Waals surface area contributed by atoms with E-state index in [2.05, 4.69) is 10.6 Å². The Morgan fingerprint density at radius 3 is 2.71 bits per heavy atom. The van der Waals surface area contributed by atoms with Crippen LogP contribution < -0.4 is 10.6 Å². The average Bonchev–Trinajstić information content (AvgIpc) is 2.18. The number of amides is 2. The average molecular weight is 190 g/mol. The number of hydrogen-bond donors (Lipinski definition) is 2. The van der Waals surface area contributed by atoms with E-state index in [1.807, 2.05) is 18.2 Å². The van der Waals surface area contributed by atoms with Gasteiger partial charge in [0.25, 0.3) is 0 Å². The standard InChI is InChI=1S/C10H10N2O2/c13-9-10(14)12-8-4-2-1-3-7(8)5-6-11-9/h1-4H,5-6H2,(H,11,13)(H,12,14). The lowest BCUT2D eigenvalue weighted by atomic mass is 10.1. The molecule has 0 aliphatic carbocycles. The van der Waals surface area contributed by atoms with Crippen molar-refractivity contribution in [3.63, 3.8) is 0 Å². The van der Waals surface area contributed by atoms with Crippen molar-refractivity contribution in [3.05, 3.63) is 29.8 Å². The predicted octanol–water partition coefficient (Wildman–Crippen LogP) is 0.297. The molecule has 2 amide bonds. The number of nitrogens with one attached hydrogen (secondary N) is 2. The van der Waals surface area contributed by atoms with Gasteiger partial charge in [0.2, 0.25) is 0 Å². The van der Waals surface area contributed by atoms with Crippen molar-refractivity contribution in [2.45, 2.75) is 6.42 Å². The SMILES string of the molecule is O=C1NCCc2ccccc2NC1=O. The van der Waals surface area contributed by atoms with Crippen LogP contribution in [0.2, 0.25) is 0 Å². The first-order valence-corrected chi connectivity index (χ1v) is 4.44. The molecular formula is C10H10N2O2. The summed E-state index contributed by atoms with van der Waals surface area (Å²) in [5, 5.41) is 5.09. The summed E-state index contributed by atoms with van der Waals surface area (Å²) in [6.45, 7) is 0.503. The number of para-hydroxylation sites is 1. The molecule has 0 bridgehead atoms. The van der Waals surface area contributed by atoms with Crippen LogP contribution in [0.15, 0.2) is 24.3 Å². The van der Waals surface area contributed by atoms with Crippen molar-refractivity contribution in [1.82, 2.24) is 5.32 Å². The van der Waals surface area contributed by atoms with Crippen LogP contribution in [0.5, 0.6) is 0 Å². The van der Waals surface area contributed by atoms with Gasteiger partial charge in [0.05, 0.1) is 0 Å². The van der Waals surface area contributed by atoms with Gasteiger partial charge >= 0.3 is 11.8 Å². The third-order valence-corrected chi connectivity index (χ3v) is 2.15. The Labute approximate surface area is 81.3 Å². The van der Waals surface area contributed by atoms with Crippen LogP contribution in [-0.2, 0) is 16.0 Å². The molecule has 0 atom stereocenters. The minimum absolute atomic E-state index is 0.503. The van der Waals surface area contributed by atoms with Crippen molar-refractivity contribution < 1.29 is 9.59 Å². The smallest absolute Gasteiger partial charge is 0.313 e. The van der Waals surface area contributed by atoms with Crippen molar-refractivity contribution in [2.24, 2.45) is 0 Å². The minimum Gasteiger partial charge on any atom is -0.347 e. The highest BCUT2D eigenvalue weighted by Crippen LogP contribution is 2.16. The molecule has 1 aromatic carbocycles. The highest BCUT2D eigenvalue weighted by atomic mass is 16.2. The Bertz CT molecular complexity index is 387. The summed E-state index contributed by atoms with van der Waals surface area (Å²) < 4.78 is 0. The fraction of sp³-hybridized carbons (Fsp3) is 0.200. The lowest BCUT2D eigenvalue weighted by Gasteiger charge is -2.14. The van der Waals surface area contributed by atoms with Crippen LogP contribution in [0.3, 0.4) is 0 Å². The van der Waals surface area contributed by atoms with Gasteiger partial charge in [-0.25, -0.2) is 0 Å². The molecule has 0 unspecified atom stereocenters. The zero-order valence-electron chi connectivity index (χ0n) is 7.54. The summed E-state index contributed by atoms with van der Waals surface area (Å²) in [4.78, 5) is 22.3. The molecule has 2 N–H and O–H groups in total. The third kappa shape index (κ3) is 1.59. The van der Waals surface area contributed by atoms with Crippen molar-refractivity contribution in [1.29, 1.82) is 0 Å². The second-order valence-corrected chi connectivity index (χ2v) is 3.12. The number of fused-ring (bicyclic) bond motifs is 1. The fourth-order valence-electron chi connectivity index (χ4n) is 1.43. The molecule has 0 radical (unpaired) electrons. The van der Waals surface area contributed by atoms with E-state index in [4.69, 9.17) is 0 Å². The normalized spacial score (nSPS) is 16.0. The first-order chi connectivity index (χ1) is 6.77. The second-order valence-electron chi connectivity index (χ2n) is 3.12. The molecule has 0 saturated carbocycles. The fourth-order valence-corrected chi connectivity index (χ4v) is 1.43. The Balaban J connectivity index is 2.34. The minimum atomic E-state index is -0.600. The largest absolute Gasteiger partial charge is 0.347 e. The lowest BCUT2D eigenvalue weighted by Crippen LogP contribution is -2.38. The van der Waals surface area contributed by atoms with E-state index >= 15 is 0 Å². The number of anilines is 1. The van der Waals surface area contributed by atoms with Crippen LogP contribution in [0.1, 0.15) is 5.56 Å². The molecule has 0 aromatic heterocycles. The summed E-state index contributed by atoms with van der Waals surface area (Å²) in [5.41, 5.74) is 1.77. The topological polar surface area (TPSA) is 58.2 Å². The van der Waals surface area contributed by atoms with E-state index in [1.54, 1.807) is 6.07 Å². The molecule has 4 nitrogen and oxygen atoms in total. The predicted molar refractivity (Wildman–Crippen MR) is 51.8 cm³/mol. The molecule has 4 heteroatoms. The third-order valence-electron chi connectivity index (χ3n) is 2.15. The summed E-state index contributed by atoms with van der Waals surface area (Å²) in [5.74, 6) is -1.17. The van der Waals surface area contributed by atoms with Gasteiger partial charge < -0.3 is 10.6 Å². The lowest BCUT2D eigenvalue weighted by molar-refractivity contribution is -0.136. The first-order valence-electron chi connectivity index (χ1n) is 4.44. The molecule has 1 aliphatic rings. The van der Waals surface area contributed by atoms with Crippen LogP contribution in [0.25, 0.3) is 0 Å². The van der Waals surface area contributed by atoms with Crippen LogP contribution >= 0.6 is 0 Å². The Kier molecular flexibility index (Phi) is 2.18. The van der Waals surface area contributed by atoms with Crippen LogP contribution in [-0.4, -0.2) is 18.4 Å². The van der Waals surface area contributed by atoms with Crippen molar-refractivity contribution in [2.75, 3.05) is 11.9 Å². The summed E-state index contributed by atoms with van der Waals surface area (Å²) in [7, 11) is 0. The number of rotatable bonds is 0. The highest BCUT2D eigenvalue weighted by Gasteiger charge is 2.17.